The van der Waals surface area contributed by atoms with E-state index < -0.39 is 54.8 Å². The molecule has 0 amide bonds. The van der Waals surface area contributed by atoms with Gasteiger partial charge in [0.25, 0.3) is 11.2 Å². The van der Waals surface area contributed by atoms with Crippen molar-refractivity contribution in [2.75, 3.05) is 6.61 Å². The SMILES string of the molecule is O=c1[nH]c(=O)n([C@H]2C[C@H](O)[C@@H](COP(=O)(NCc3ccccc3)OCc3cccc([N+](=O)[O-])c3)O2)cc1F. The Morgan fingerprint density at radius 1 is 1.18 bits per heavy atom. The summed E-state index contributed by atoms with van der Waals surface area (Å²) in [5.41, 5.74) is -1.13. The number of hydrogen-bond donors (Lipinski definition) is 3. The molecule has 0 radical (unpaired) electrons. The van der Waals surface area contributed by atoms with E-state index in [0.29, 0.717) is 11.8 Å². The minimum atomic E-state index is -4.07. The summed E-state index contributed by atoms with van der Waals surface area (Å²) in [5, 5.41) is 24.2. The van der Waals surface area contributed by atoms with E-state index in [2.05, 4.69) is 5.09 Å². The van der Waals surface area contributed by atoms with Crippen LogP contribution in [0.2, 0.25) is 0 Å². The van der Waals surface area contributed by atoms with Crippen LogP contribution in [0.3, 0.4) is 0 Å². The highest BCUT2D eigenvalue weighted by atomic mass is 31.2. The number of nitrogens with one attached hydrogen (secondary N) is 2. The molecule has 202 valence electrons. The number of aliphatic hydroxyl groups excluding tert-OH is 1. The Bertz CT molecular complexity index is 1450. The van der Waals surface area contributed by atoms with E-state index in [-0.39, 0.29) is 25.3 Å². The molecule has 1 aliphatic heterocycles. The summed E-state index contributed by atoms with van der Waals surface area (Å²) in [7, 11) is -4.07. The topological polar surface area (TPSA) is 175 Å². The number of aliphatic hydroxyl groups is 1. The molecule has 0 spiro atoms. The van der Waals surface area contributed by atoms with E-state index in [0.717, 1.165) is 10.1 Å². The van der Waals surface area contributed by atoms with Crippen LogP contribution in [-0.4, -0.2) is 38.4 Å². The van der Waals surface area contributed by atoms with Gasteiger partial charge in [-0.3, -0.25) is 33.5 Å². The first-order valence-corrected chi connectivity index (χ1v) is 12.9. The van der Waals surface area contributed by atoms with Gasteiger partial charge in [0.2, 0.25) is 5.82 Å². The number of nitro groups is 1. The fraction of sp³-hybridized carbons (Fsp3) is 0.304. The van der Waals surface area contributed by atoms with Crippen molar-refractivity contribution in [3.05, 3.63) is 109 Å². The second kappa shape index (κ2) is 11.9. The number of non-ortho nitro benzene ring substituents is 1. The molecule has 4 rings (SSSR count). The van der Waals surface area contributed by atoms with Gasteiger partial charge in [-0.1, -0.05) is 42.5 Å². The quantitative estimate of drug-likeness (QED) is 0.183. The van der Waals surface area contributed by atoms with Crippen molar-refractivity contribution in [3.8, 4) is 0 Å². The fourth-order valence-corrected chi connectivity index (χ4v) is 5.01. The molecule has 3 aromatic rings. The Morgan fingerprint density at radius 3 is 2.66 bits per heavy atom. The number of aromatic amines is 1. The summed E-state index contributed by atoms with van der Waals surface area (Å²) in [5.74, 6) is -1.20. The lowest BCUT2D eigenvalue weighted by Gasteiger charge is -2.22. The lowest BCUT2D eigenvalue weighted by molar-refractivity contribution is -0.384. The van der Waals surface area contributed by atoms with Crippen molar-refractivity contribution in [2.45, 2.75) is 38.0 Å². The van der Waals surface area contributed by atoms with E-state index >= 15 is 0 Å². The molecule has 1 aliphatic rings. The Labute approximate surface area is 214 Å². The molecule has 3 N–H and O–H groups in total. The van der Waals surface area contributed by atoms with Crippen LogP contribution in [0.15, 0.2) is 70.4 Å². The summed E-state index contributed by atoms with van der Waals surface area (Å²) in [6.45, 7) is -0.633. The number of H-pyrrole nitrogens is 1. The highest BCUT2D eigenvalue weighted by molar-refractivity contribution is 7.51. The second-order valence-electron chi connectivity index (χ2n) is 8.39. The number of rotatable bonds is 11. The highest BCUT2D eigenvalue weighted by Crippen LogP contribution is 2.46. The van der Waals surface area contributed by atoms with Crippen molar-refractivity contribution in [2.24, 2.45) is 0 Å². The molecule has 0 aliphatic carbocycles. The lowest BCUT2D eigenvalue weighted by atomic mass is 10.2. The van der Waals surface area contributed by atoms with Gasteiger partial charge in [0.05, 0.1) is 30.4 Å². The third-order valence-corrected chi connectivity index (χ3v) is 7.19. The Hall–Kier alpha value is -3.52. The summed E-state index contributed by atoms with van der Waals surface area (Å²) in [4.78, 5) is 35.6. The van der Waals surface area contributed by atoms with Crippen LogP contribution in [0.4, 0.5) is 10.1 Å². The zero-order chi connectivity index (χ0) is 27.3. The lowest BCUT2D eigenvalue weighted by Crippen LogP contribution is -2.34. The first-order valence-electron chi connectivity index (χ1n) is 11.4. The first-order chi connectivity index (χ1) is 18.1. The third-order valence-electron chi connectivity index (χ3n) is 5.69. The molecular formula is C23H24FN4O9P. The summed E-state index contributed by atoms with van der Waals surface area (Å²) < 4.78 is 44.8. The van der Waals surface area contributed by atoms with Gasteiger partial charge in [-0.25, -0.2) is 14.4 Å². The fourth-order valence-electron chi connectivity index (χ4n) is 3.71. The van der Waals surface area contributed by atoms with Crippen LogP contribution in [0.5, 0.6) is 0 Å². The maximum atomic E-state index is 13.7. The standard InChI is InChI=1S/C23H24FN4O9P/c24-18-12-27(23(31)26-22(18)30)21-10-19(29)20(37-21)14-36-38(34,25-11-15-5-2-1-3-6-15)35-13-16-7-4-8-17(9-16)28(32)33/h1-9,12,19-21,29H,10-11,13-14H2,(H,25,34)(H,26,30,31)/t19-,20+,21+,38?/m0/s1. The Morgan fingerprint density at radius 2 is 1.92 bits per heavy atom. The van der Waals surface area contributed by atoms with Gasteiger partial charge in [-0.15, -0.1) is 0 Å². The number of hydrogen-bond acceptors (Lipinski definition) is 9. The number of nitro benzene ring substituents is 1. The van der Waals surface area contributed by atoms with E-state index in [1.165, 1.54) is 18.2 Å². The average Bonchev–Trinajstić information content (AvgIpc) is 3.28. The molecule has 13 nitrogen and oxygen atoms in total. The van der Waals surface area contributed by atoms with Gasteiger partial charge >= 0.3 is 13.4 Å². The predicted octanol–water partition coefficient (Wildman–Crippen LogP) is 2.36. The molecule has 0 saturated carbocycles. The smallest absolute Gasteiger partial charge is 0.390 e. The van der Waals surface area contributed by atoms with E-state index in [1.807, 2.05) is 11.1 Å². The van der Waals surface area contributed by atoms with Gasteiger partial charge in [-0.2, -0.15) is 4.39 Å². The van der Waals surface area contributed by atoms with Crippen molar-refractivity contribution >= 4 is 13.4 Å². The monoisotopic (exact) mass is 550 g/mol. The molecule has 2 aromatic carbocycles. The van der Waals surface area contributed by atoms with Crippen LogP contribution < -0.4 is 16.3 Å². The number of ether oxygens (including phenoxy) is 1. The number of halogens is 1. The van der Waals surface area contributed by atoms with Crippen LogP contribution in [-0.2, 0) is 31.5 Å². The van der Waals surface area contributed by atoms with Crippen LogP contribution in [0, 0.1) is 15.9 Å². The van der Waals surface area contributed by atoms with E-state index in [4.69, 9.17) is 13.8 Å². The van der Waals surface area contributed by atoms with Crippen molar-refractivity contribution in [1.82, 2.24) is 14.6 Å². The zero-order valence-electron chi connectivity index (χ0n) is 19.8. The maximum absolute atomic E-state index is 13.7. The van der Waals surface area contributed by atoms with Gasteiger partial charge in [-0.05, 0) is 11.1 Å². The Kier molecular flexibility index (Phi) is 8.62. The minimum Gasteiger partial charge on any atom is -0.390 e. The summed E-state index contributed by atoms with van der Waals surface area (Å²) in [6.07, 6.45) is -2.82. The highest BCUT2D eigenvalue weighted by Gasteiger charge is 2.38. The maximum Gasteiger partial charge on any atom is 0.406 e. The predicted molar refractivity (Wildman–Crippen MR) is 131 cm³/mol. The molecule has 4 atom stereocenters. The first kappa shape index (κ1) is 27.5. The minimum absolute atomic E-state index is 0.0931. The number of aromatic nitrogens is 2. The third kappa shape index (κ3) is 6.86. The zero-order valence-corrected chi connectivity index (χ0v) is 20.7. The van der Waals surface area contributed by atoms with Crippen molar-refractivity contribution < 1.29 is 32.8 Å². The van der Waals surface area contributed by atoms with Gasteiger partial charge < -0.3 is 9.84 Å². The van der Waals surface area contributed by atoms with E-state index in [1.54, 1.807) is 30.3 Å². The second-order valence-corrected chi connectivity index (χ2v) is 10.2. The van der Waals surface area contributed by atoms with Crippen LogP contribution in [0.25, 0.3) is 0 Å². The van der Waals surface area contributed by atoms with Crippen molar-refractivity contribution in [3.63, 3.8) is 0 Å². The summed E-state index contributed by atoms with van der Waals surface area (Å²) >= 11 is 0. The molecule has 0 bridgehead atoms. The largest absolute Gasteiger partial charge is 0.406 e. The molecule has 2 heterocycles. The van der Waals surface area contributed by atoms with Gasteiger partial charge in [0.1, 0.15) is 12.3 Å². The molecule has 15 heteroatoms. The Balaban J connectivity index is 1.45. The number of benzene rings is 2. The van der Waals surface area contributed by atoms with Crippen molar-refractivity contribution in [1.29, 1.82) is 0 Å². The molecule has 1 unspecified atom stereocenters. The normalized spacial score (nSPS) is 20.7. The molecular weight excluding hydrogens is 526 g/mol. The van der Waals surface area contributed by atoms with E-state index in [9.17, 15) is 33.8 Å². The average molecular weight is 550 g/mol. The molecule has 1 saturated heterocycles. The van der Waals surface area contributed by atoms with Gasteiger partial charge in [0.15, 0.2) is 0 Å². The van der Waals surface area contributed by atoms with Crippen LogP contribution in [0.1, 0.15) is 23.8 Å². The number of nitrogens with zero attached hydrogens (tertiary/aromatic N) is 2. The molecule has 1 fully saturated rings. The summed E-state index contributed by atoms with van der Waals surface area (Å²) in [6, 6.07) is 14.6. The van der Waals surface area contributed by atoms with Crippen LogP contribution >= 0.6 is 7.75 Å². The molecule has 1 aromatic heterocycles. The molecule has 38 heavy (non-hydrogen) atoms. The van der Waals surface area contributed by atoms with Gasteiger partial charge in [0, 0.05) is 25.1 Å².